The van der Waals surface area contributed by atoms with E-state index in [-0.39, 0.29) is 17.0 Å². The van der Waals surface area contributed by atoms with E-state index in [4.69, 9.17) is 0 Å². The van der Waals surface area contributed by atoms with Crippen LogP contribution in [0.3, 0.4) is 0 Å². The molecule has 0 saturated carbocycles. The first-order valence-corrected chi connectivity index (χ1v) is 5.34. The number of aromatic amines is 1. The Morgan fingerprint density at radius 1 is 1.32 bits per heavy atom. The number of hydrogen-bond acceptors (Lipinski definition) is 5. The lowest BCUT2D eigenvalue weighted by atomic mass is 10.1. The van der Waals surface area contributed by atoms with Gasteiger partial charge >= 0.3 is 0 Å². The molecule has 0 bridgehead atoms. The van der Waals surface area contributed by atoms with Crippen molar-refractivity contribution in [3.8, 4) is 11.3 Å². The van der Waals surface area contributed by atoms with Gasteiger partial charge in [0.25, 0.3) is 11.2 Å². The molecule has 2 aromatic rings. The van der Waals surface area contributed by atoms with Crippen LogP contribution in [0, 0.1) is 10.1 Å². The Bertz CT molecular complexity index is 704. The zero-order valence-corrected chi connectivity index (χ0v) is 9.91. The molecule has 0 atom stereocenters. The lowest BCUT2D eigenvalue weighted by molar-refractivity contribution is -0.384. The molecule has 0 radical (unpaired) electrons. The van der Waals surface area contributed by atoms with Gasteiger partial charge in [-0.25, -0.2) is 5.10 Å². The fraction of sp³-hybridized carbons (Fsp3) is 0.0833. The molecule has 0 aliphatic heterocycles. The van der Waals surface area contributed by atoms with Gasteiger partial charge in [-0.2, -0.15) is 5.10 Å². The number of nitrogens with zero attached hydrogens (tertiary/aromatic N) is 2. The average molecular weight is 259 g/mol. The van der Waals surface area contributed by atoms with Crippen LogP contribution in [0.25, 0.3) is 11.3 Å². The molecule has 7 heteroatoms. The van der Waals surface area contributed by atoms with E-state index in [1.54, 1.807) is 0 Å². The standard InChI is InChI=1S/C12H9N3O4/c1-7(16)10-6-11(13-14-12(10)17)8-2-4-9(5-3-8)15(18)19/h2-6H,1H3,(H,14,17). The zero-order valence-electron chi connectivity index (χ0n) is 9.91. The van der Waals surface area contributed by atoms with Crippen molar-refractivity contribution in [2.45, 2.75) is 6.92 Å². The fourth-order valence-corrected chi connectivity index (χ4v) is 1.57. The summed E-state index contributed by atoms with van der Waals surface area (Å²) in [5, 5.41) is 16.6. The van der Waals surface area contributed by atoms with Crippen LogP contribution in [-0.2, 0) is 0 Å². The third-order valence-corrected chi connectivity index (χ3v) is 2.56. The van der Waals surface area contributed by atoms with Crippen molar-refractivity contribution >= 4 is 11.5 Å². The smallest absolute Gasteiger partial charge is 0.275 e. The maximum Gasteiger partial charge on any atom is 0.275 e. The number of non-ortho nitro benzene ring substituents is 1. The average Bonchev–Trinajstić information content (AvgIpc) is 2.39. The van der Waals surface area contributed by atoms with Crippen LogP contribution in [0.4, 0.5) is 5.69 Å². The van der Waals surface area contributed by atoms with Crippen LogP contribution in [-0.4, -0.2) is 20.9 Å². The second kappa shape index (κ2) is 4.81. The summed E-state index contributed by atoms with van der Waals surface area (Å²) in [4.78, 5) is 32.6. The lowest BCUT2D eigenvalue weighted by Gasteiger charge is -2.01. The number of nitrogens with one attached hydrogen (secondary N) is 1. The minimum Gasteiger partial charge on any atom is -0.294 e. The minimum atomic E-state index is -0.557. The Kier molecular flexibility index (Phi) is 3.19. The summed E-state index contributed by atoms with van der Waals surface area (Å²) in [6.45, 7) is 1.28. The van der Waals surface area contributed by atoms with Crippen LogP contribution in [0.2, 0.25) is 0 Å². The monoisotopic (exact) mass is 259 g/mol. The molecule has 7 nitrogen and oxygen atoms in total. The summed E-state index contributed by atoms with van der Waals surface area (Å²) in [6, 6.07) is 7.03. The number of Topliss-reactive ketones (excluding diaryl/α,β-unsaturated/α-hetero) is 1. The van der Waals surface area contributed by atoms with Crippen LogP contribution in [0.15, 0.2) is 35.1 Å². The van der Waals surface area contributed by atoms with E-state index in [1.807, 2.05) is 0 Å². The van der Waals surface area contributed by atoms with E-state index < -0.39 is 10.5 Å². The third kappa shape index (κ3) is 2.54. The summed E-state index contributed by atoms with van der Waals surface area (Å²) in [7, 11) is 0. The van der Waals surface area contributed by atoms with Crippen LogP contribution >= 0.6 is 0 Å². The maximum absolute atomic E-state index is 11.4. The molecule has 2 rings (SSSR count). The molecule has 0 aliphatic rings. The summed E-state index contributed by atoms with van der Waals surface area (Å²) in [5.41, 5.74) is 0.352. The van der Waals surface area contributed by atoms with Gasteiger partial charge in [0.1, 0.15) is 0 Å². The molecular weight excluding hydrogens is 250 g/mol. The lowest BCUT2D eigenvalue weighted by Crippen LogP contribution is -2.17. The van der Waals surface area contributed by atoms with Crippen molar-refractivity contribution in [3.63, 3.8) is 0 Å². The quantitative estimate of drug-likeness (QED) is 0.511. The summed E-state index contributed by atoms with van der Waals surface area (Å²) < 4.78 is 0. The van der Waals surface area contributed by atoms with Crippen LogP contribution in [0.1, 0.15) is 17.3 Å². The van der Waals surface area contributed by atoms with E-state index in [0.29, 0.717) is 11.3 Å². The Hall–Kier alpha value is -2.83. The van der Waals surface area contributed by atoms with Gasteiger partial charge in [-0.15, -0.1) is 0 Å². The van der Waals surface area contributed by atoms with E-state index >= 15 is 0 Å². The van der Waals surface area contributed by atoms with Crippen molar-refractivity contribution in [2.75, 3.05) is 0 Å². The predicted octanol–water partition coefficient (Wildman–Crippen LogP) is 1.55. The number of rotatable bonds is 3. The van der Waals surface area contributed by atoms with Gasteiger partial charge in [0.2, 0.25) is 0 Å². The normalized spacial score (nSPS) is 10.2. The highest BCUT2D eigenvalue weighted by Crippen LogP contribution is 2.20. The highest BCUT2D eigenvalue weighted by Gasteiger charge is 2.10. The minimum absolute atomic E-state index is 0.00310. The molecule has 1 aromatic carbocycles. The van der Waals surface area contributed by atoms with Crippen molar-refractivity contribution in [1.29, 1.82) is 0 Å². The highest BCUT2D eigenvalue weighted by molar-refractivity contribution is 5.94. The first-order valence-electron chi connectivity index (χ1n) is 5.34. The van der Waals surface area contributed by atoms with Gasteiger partial charge < -0.3 is 0 Å². The topological polar surface area (TPSA) is 106 Å². The Labute approximate surface area is 107 Å². The molecule has 1 heterocycles. The van der Waals surface area contributed by atoms with Gasteiger partial charge in [-0.05, 0) is 25.1 Å². The van der Waals surface area contributed by atoms with Gasteiger partial charge in [0, 0.05) is 17.7 Å². The van der Waals surface area contributed by atoms with E-state index in [2.05, 4.69) is 10.2 Å². The molecular formula is C12H9N3O4. The van der Waals surface area contributed by atoms with Crippen molar-refractivity contribution in [3.05, 3.63) is 56.4 Å². The SMILES string of the molecule is CC(=O)c1cc(-c2ccc([N+](=O)[O-])cc2)n[nH]c1=O. The predicted molar refractivity (Wildman–Crippen MR) is 67.0 cm³/mol. The van der Waals surface area contributed by atoms with Gasteiger partial charge in [-0.3, -0.25) is 19.7 Å². The number of benzene rings is 1. The Morgan fingerprint density at radius 3 is 2.47 bits per heavy atom. The number of carbonyl (C=O) groups is 1. The zero-order chi connectivity index (χ0) is 14.0. The van der Waals surface area contributed by atoms with Crippen LogP contribution in [0.5, 0.6) is 0 Å². The second-order valence-electron chi connectivity index (χ2n) is 3.86. The summed E-state index contributed by atoms with van der Waals surface area (Å²) in [6.07, 6.45) is 0. The van der Waals surface area contributed by atoms with Gasteiger partial charge in [0.05, 0.1) is 16.2 Å². The number of H-pyrrole nitrogens is 1. The molecule has 0 aliphatic carbocycles. The third-order valence-electron chi connectivity index (χ3n) is 2.56. The number of nitro groups is 1. The first-order chi connectivity index (χ1) is 8.99. The van der Waals surface area contributed by atoms with Crippen molar-refractivity contribution < 1.29 is 9.72 Å². The second-order valence-corrected chi connectivity index (χ2v) is 3.86. The van der Waals surface area contributed by atoms with Crippen molar-refractivity contribution in [1.82, 2.24) is 10.2 Å². The largest absolute Gasteiger partial charge is 0.294 e. The molecule has 0 saturated heterocycles. The number of carbonyl (C=O) groups excluding carboxylic acids is 1. The van der Waals surface area contributed by atoms with Crippen LogP contribution < -0.4 is 5.56 Å². The molecule has 0 amide bonds. The summed E-state index contributed by atoms with van der Waals surface area (Å²) >= 11 is 0. The number of ketones is 1. The highest BCUT2D eigenvalue weighted by atomic mass is 16.6. The van der Waals surface area contributed by atoms with Gasteiger partial charge in [-0.1, -0.05) is 0 Å². The molecule has 1 N–H and O–H groups in total. The maximum atomic E-state index is 11.4. The number of nitro benzene ring substituents is 1. The van der Waals surface area contributed by atoms with E-state index in [0.717, 1.165) is 0 Å². The molecule has 19 heavy (non-hydrogen) atoms. The Balaban J connectivity index is 2.47. The molecule has 96 valence electrons. The van der Waals surface area contributed by atoms with E-state index in [9.17, 15) is 19.7 Å². The fourth-order valence-electron chi connectivity index (χ4n) is 1.57. The molecule has 0 spiro atoms. The number of hydrogen-bond donors (Lipinski definition) is 1. The Morgan fingerprint density at radius 2 is 1.95 bits per heavy atom. The first kappa shape index (κ1) is 12.6. The summed E-state index contributed by atoms with van der Waals surface area (Å²) in [5.74, 6) is -0.369. The number of aromatic nitrogens is 2. The van der Waals surface area contributed by atoms with Gasteiger partial charge in [0.15, 0.2) is 5.78 Å². The molecule has 0 fully saturated rings. The molecule has 1 aromatic heterocycles. The van der Waals surface area contributed by atoms with E-state index in [1.165, 1.54) is 37.3 Å². The molecule has 0 unspecified atom stereocenters. The van der Waals surface area contributed by atoms with Crippen molar-refractivity contribution in [2.24, 2.45) is 0 Å².